The SMILES string of the molecule is C[C@H](CC(=O)OCc1nc(-c2ccc(F)cc2)no1)NC(=O)c1ccccc1. The molecular formula is C20H18FN3O4. The number of carbonyl (C=O) groups is 2. The van der Waals surface area contributed by atoms with Crippen molar-refractivity contribution in [3.05, 3.63) is 71.9 Å². The molecular weight excluding hydrogens is 365 g/mol. The highest BCUT2D eigenvalue weighted by atomic mass is 19.1. The van der Waals surface area contributed by atoms with E-state index in [4.69, 9.17) is 9.26 Å². The lowest BCUT2D eigenvalue weighted by Crippen LogP contribution is -2.34. The zero-order chi connectivity index (χ0) is 19.9. The summed E-state index contributed by atoms with van der Waals surface area (Å²) in [5.74, 6) is -0.748. The van der Waals surface area contributed by atoms with Gasteiger partial charge in [0.1, 0.15) is 5.82 Å². The second-order valence-electron chi connectivity index (χ2n) is 6.12. The minimum atomic E-state index is -0.512. The van der Waals surface area contributed by atoms with Crippen LogP contribution >= 0.6 is 0 Å². The average Bonchev–Trinajstić information content (AvgIpc) is 3.16. The molecule has 1 amide bonds. The Morgan fingerprint density at radius 2 is 1.86 bits per heavy atom. The molecule has 0 aliphatic carbocycles. The van der Waals surface area contributed by atoms with E-state index in [0.29, 0.717) is 11.1 Å². The lowest BCUT2D eigenvalue weighted by molar-refractivity contribution is -0.146. The Balaban J connectivity index is 1.46. The van der Waals surface area contributed by atoms with Gasteiger partial charge in [-0.3, -0.25) is 9.59 Å². The Morgan fingerprint density at radius 1 is 1.14 bits per heavy atom. The molecule has 0 unspecified atom stereocenters. The van der Waals surface area contributed by atoms with Crippen LogP contribution in [-0.2, 0) is 16.1 Å². The molecule has 28 heavy (non-hydrogen) atoms. The first-order valence-corrected chi connectivity index (χ1v) is 8.61. The number of rotatable bonds is 7. The first-order chi connectivity index (χ1) is 13.5. The zero-order valence-electron chi connectivity index (χ0n) is 15.1. The molecule has 1 N–H and O–H groups in total. The van der Waals surface area contributed by atoms with Crippen LogP contribution in [0.3, 0.4) is 0 Å². The molecule has 7 nitrogen and oxygen atoms in total. The van der Waals surface area contributed by atoms with Crippen molar-refractivity contribution in [1.82, 2.24) is 15.5 Å². The molecule has 0 bridgehead atoms. The fourth-order valence-electron chi connectivity index (χ4n) is 2.43. The van der Waals surface area contributed by atoms with Gasteiger partial charge in [0.15, 0.2) is 6.61 Å². The standard InChI is InChI=1S/C20H18FN3O4/c1-13(22-20(26)15-5-3-2-4-6-15)11-18(25)27-12-17-23-19(24-28-17)14-7-9-16(21)10-8-14/h2-10,13H,11-12H2,1H3,(H,22,26)/t13-/m1/s1. The van der Waals surface area contributed by atoms with Gasteiger partial charge in [-0.2, -0.15) is 4.98 Å². The largest absolute Gasteiger partial charge is 0.455 e. The third-order valence-corrected chi connectivity index (χ3v) is 3.81. The van der Waals surface area contributed by atoms with Crippen LogP contribution in [0.15, 0.2) is 59.1 Å². The van der Waals surface area contributed by atoms with Gasteiger partial charge < -0.3 is 14.6 Å². The normalized spacial score (nSPS) is 11.6. The van der Waals surface area contributed by atoms with E-state index < -0.39 is 12.0 Å². The van der Waals surface area contributed by atoms with Crippen LogP contribution in [0.25, 0.3) is 11.4 Å². The number of ether oxygens (including phenoxy) is 1. The van der Waals surface area contributed by atoms with Crippen molar-refractivity contribution in [2.75, 3.05) is 0 Å². The van der Waals surface area contributed by atoms with Crippen LogP contribution in [0.1, 0.15) is 29.6 Å². The van der Waals surface area contributed by atoms with Crippen molar-refractivity contribution in [3.8, 4) is 11.4 Å². The van der Waals surface area contributed by atoms with Gasteiger partial charge in [-0.1, -0.05) is 23.4 Å². The van der Waals surface area contributed by atoms with Gasteiger partial charge >= 0.3 is 5.97 Å². The molecule has 0 saturated heterocycles. The highest BCUT2D eigenvalue weighted by Gasteiger charge is 2.16. The highest BCUT2D eigenvalue weighted by molar-refractivity contribution is 5.94. The van der Waals surface area contributed by atoms with Gasteiger partial charge in [0.2, 0.25) is 5.82 Å². The molecule has 0 radical (unpaired) electrons. The topological polar surface area (TPSA) is 94.3 Å². The number of hydrogen-bond donors (Lipinski definition) is 1. The monoisotopic (exact) mass is 383 g/mol. The van der Waals surface area contributed by atoms with Crippen molar-refractivity contribution in [3.63, 3.8) is 0 Å². The summed E-state index contributed by atoms with van der Waals surface area (Å²) >= 11 is 0. The Labute approximate surface area is 160 Å². The van der Waals surface area contributed by atoms with Crippen LogP contribution in [-0.4, -0.2) is 28.1 Å². The number of aromatic nitrogens is 2. The Kier molecular flexibility index (Phi) is 6.11. The Hall–Kier alpha value is -3.55. The van der Waals surface area contributed by atoms with Crippen LogP contribution < -0.4 is 5.32 Å². The predicted molar refractivity (Wildman–Crippen MR) is 97.5 cm³/mol. The quantitative estimate of drug-likeness (QED) is 0.630. The smallest absolute Gasteiger partial charge is 0.308 e. The number of benzene rings is 2. The molecule has 0 aliphatic rings. The van der Waals surface area contributed by atoms with Gasteiger partial charge in [0.05, 0.1) is 6.42 Å². The summed E-state index contributed by atoms with van der Waals surface area (Å²) in [5, 5.41) is 6.50. The number of hydrogen-bond acceptors (Lipinski definition) is 6. The second-order valence-corrected chi connectivity index (χ2v) is 6.12. The van der Waals surface area contributed by atoms with Crippen molar-refractivity contribution in [2.45, 2.75) is 26.0 Å². The number of amides is 1. The molecule has 1 heterocycles. The van der Waals surface area contributed by atoms with E-state index in [2.05, 4.69) is 15.5 Å². The molecule has 144 valence electrons. The molecule has 8 heteroatoms. The molecule has 1 atom stereocenters. The number of nitrogens with zero attached hydrogens (tertiary/aromatic N) is 2. The third kappa shape index (κ3) is 5.23. The fraction of sp³-hybridized carbons (Fsp3) is 0.200. The fourth-order valence-corrected chi connectivity index (χ4v) is 2.43. The molecule has 0 fully saturated rings. The Morgan fingerprint density at radius 3 is 2.57 bits per heavy atom. The van der Waals surface area contributed by atoms with Crippen molar-refractivity contribution >= 4 is 11.9 Å². The maximum atomic E-state index is 12.9. The number of carbonyl (C=O) groups excluding carboxylic acids is 2. The van der Waals surface area contributed by atoms with Crippen LogP contribution in [0.5, 0.6) is 0 Å². The zero-order valence-corrected chi connectivity index (χ0v) is 15.1. The molecule has 3 aromatic rings. The highest BCUT2D eigenvalue weighted by Crippen LogP contribution is 2.16. The van der Waals surface area contributed by atoms with E-state index in [9.17, 15) is 14.0 Å². The second kappa shape index (κ2) is 8.90. The molecule has 2 aromatic carbocycles. The number of nitrogens with one attached hydrogen (secondary N) is 1. The van der Waals surface area contributed by atoms with Crippen molar-refractivity contribution < 1.29 is 23.2 Å². The van der Waals surface area contributed by atoms with E-state index >= 15 is 0 Å². The predicted octanol–water partition coefficient (Wildman–Crippen LogP) is 3.13. The van der Waals surface area contributed by atoms with Gasteiger partial charge in [-0.15, -0.1) is 0 Å². The van der Waals surface area contributed by atoms with E-state index in [1.807, 2.05) is 6.07 Å². The van der Waals surface area contributed by atoms with E-state index in [1.54, 1.807) is 31.2 Å². The van der Waals surface area contributed by atoms with Gasteiger partial charge in [0.25, 0.3) is 11.8 Å². The molecule has 0 aliphatic heterocycles. The van der Waals surface area contributed by atoms with Gasteiger partial charge in [0, 0.05) is 17.2 Å². The lowest BCUT2D eigenvalue weighted by atomic mass is 10.2. The van der Waals surface area contributed by atoms with E-state index in [0.717, 1.165) is 0 Å². The van der Waals surface area contributed by atoms with Crippen LogP contribution in [0, 0.1) is 5.82 Å². The third-order valence-electron chi connectivity index (χ3n) is 3.81. The van der Waals surface area contributed by atoms with Crippen molar-refractivity contribution in [2.24, 2.45) is 0 Å². The first kappa shape index (κ1) is 19.2. The van der Waals surface area contributed by atoms with Crippen molar-refractivity contribution in [1.29, 1.82) is 0 Å². The Bertz CT molecular complexity index is 942. The van der Waals surface area contributed by atoms with E-state index in [1.165, 1.54) is 24.3 Å². The lowest BCUT2D eigenvalue weighted by Gasteiger charge is -2.13. The maximum absolute atomic E-state index is 12.9. The number of halogens is 1. The summed E-state index contributed by atoms with van der Waals surface area (Å²) in [6.07, 6.45) is -0.00245. The van der Waals surface area contributed by atoms with Gasteiger partial charge in [-0.25, -0.2) is 4.39 Å². The molecule has 3 rings (SSSR count). The van der Waals surface area contributed by atoms with Crippen LogP contribution in [0.4, 0.5) is 4.39 Å². The van der Waals surface area contributed by atoms with Gasteiger partial charge in [-0.05, 0) is 43.3 Å². The minimum absolute atomic E-state index is 0.00245. The summed E-state index contributed by atoms with van der Waals surface area (Å²) in [4.78, 5) is 28.1. The molecule has 0 saturated carbocycles. The molecule has 1 aromatic heterocycles. The maximum Gasteiger partial charge on any atom is 0.308 e. The average molecular weight is 383 g/mol. The summed E-state index contributed by atoms with van der Waals surface area (Å²) in [6, 6.07) is 13.9. The van der Waals surface area contributed by atoms with E-state index in [-0.39, 0.29) is 36.5 Å². The summed E-state index contributed by atoms with van der Waals surface area (Å²) in [6.45, 7) is 1.52. The molecule has 0 spiro atoms. The summed E-state index contributed by atoms with van der Waals surface area (Å²) in [5.41, 5.74) is 1.10. The van der Waals surface area contributed by atoms with Crippen LogP contribution in [0.2, 0.25) is 0 Å². The summed E-state index contributed by atoms with van der Waals surface area (Å²) < 4.78 is 23.1. The summed E-state index contributed by atoms with van der Waals surface area (Å²) in [7, 11) is 0. The first-order valence-electron chi connectivity index (χ1n) is 8.61. The minimum Gasteiger partial charge on any atom is -0.455 e. The number of esters is 1.